The quantitative estimate of drug-likeness (QED) is 0.489. The minimum Gasteiger partial charge on any atom is -0.469 e. The van der Waals surface area contributed by atoms with Crippen LogP contribution in [-0.4, -0.2) is 38.1 Å². The zero-order valence-electron chi connectivity index (χ0n) is 8.61. The Morgan fingerprint density at radius 3 is 2.33 bits per heavy atom. The Morgan fingerprint density at radius 1 is 1.33 bits per heavy atom. The zero-order valence-corrected chi connectivity index (χ0v) is 8.61. The summed E-state index contributed by atoms with van der Waals surface area (Å²) >= 11 is 0. The molecule has 0 aliphatic heterocycles. The van der Waals surface area contributed by atoms with E-state index in [1.165, 1.54) is 7.11 Å². The molecule has 0 spiro atoms. The van der Waals surface area contributed by atoms with E-state index in [4.69, 9.17) is 0 Å². The predicted octanol–water partition coefficient (Wildman–Crippen LogP) is -0.607. The molecule has 0 fully saturated rings. The molecule has 0 saturated carbocycles. The molecular formula is C9H13NO5. The molecule has 0 unspecified atom stereocenters. The number of nitrogens with one attached hydrogen (secondary N) is 1. The van der Waals surface area contributed by atoms with Gasteiger partial charge in [0.15, 0.2) is 0 Å². The van der Waals surface area contributed by atoms with Crippen molar-refractivity contribution in [2.45, 2.75) is 12.5 Å². The number of methoxy groups -OCH3 is 2. The summed E-state index contributed by atoms with van der Waals surface area (Å²) in [7, 11) is 2.35. The van der Waals surface area contributed by atoms with Gasteiger partial charge in [-0.05, 0) is 6.08 Å². The Hall–Kier alpha value is -1.85. The van der Waals surface area contributed by atoms with Crippen molar-refractivity contribution in [1.82, 2.24) is 5.32 Å². The second-order valence-corrected chi connectivity index (χ2v) is 2.57. The van der Waals surface area contributed by atoms with Crippen LogP contribution >= 0.6 is 0 Å². The average Bonchev–Trinajstić information content (AvgIpc) is 2.26. The smallest absolute Gasteiger partial charge is 0.328 e. The molecule has 84 valence electrons. The Balaban J connectivity index is 4.44. The highest BCUT2D eigenvalue weighted by Gasteiger charge is 2.24. The summed E-state index contributed by atoms with van der Waals surface area (Å²) in [6.07, 6.45) is 0.718. The Morgan fingerprint density at radius 2 is 1.93 bits per heavy atom. The monoisotopic (exact) mass is 215 g/mol. The summed E-state index contributed by atoms with van der Waals surface area (Å²) in [5, 5.41) is 2.25. The van der Waals surface area contributed by atoms with Crippen molar-refractivity contribution in [1.29, 1.82) is 0 Å². The third-order valence-electron chi connectivity index (χ3n) is 1.59. The molecule has 0 rings (SSSR count). The van der Waals surface area contributed by atoms with Crippen LogP contribution in [0.25, 0.3) is 0 Å². The largest absolute Gasteiger partial charge is 0.469 e. The lowest BCUT2D eigenvalue weighted by Gasteiger charge is -2.13. The minimum atomic E-state index is -1.05. The number of ether oxygens (including phenoxy) is 2. The molecule has 0 aliphatic rings. The summed E-state index contributed by atoms with van der Waals surface area (Å²) in [5.41, 5.74) is 0. The van der Waals surface area contributed by atoms with Crippen LogP contribution in [0.1, 0.15) is 6.42 Å². The van der Waals surface area contributed by atoms with Crippen LogP contribution in [0.2, 0.25) is 0 Å². The zero-order chi connectivity index (χ0) is 11.8. The molecule has 0 bridgehead atoms. The van der Waals surface area contributed by atoms with Crippen molar-refractivity contribution in [2.75, 3.05) is 14.2 Å². The van der Waals surface area contributed by atoms with E-state index in [1.807, 2.05) is 0 Å². The van der Waals surface area contributed by atoms with Crippen molar-refractivity contribution in [2.24, 2.45) is 0 Å². The summed E-state index contributed by atoms with van der Waals surface area (Å²) < 4.78 is 8.77. The molecule has 0 aromatic heterocycles. The fraction of sp³-hybridized carbons (Fsp3) is 0.444. The SMILES string of the molecule is C=CC(=O)N[C@@H](CC(=O)OC)C(=O)OC. The second kappa shape index (κ2) is 6.58. The van der Waals surface area contributed by atoms with Gasteiger partial charge in [0.1, 0.15) is 6.04 Å². The molecule has 0 radical (unpaired) electrons. The van der Waals surface area contributed by atoms with Gasteiger partial charge >= 0.3 is 11.9 Å². The highest BCUT2D eigenvalue weighted by molar-refractivity contribution is 5.92. The molecule has 0 heterocycles. The van der Waals surface area contributed by atoms with E-state index in [0.717, 1.165) is 13.2 Å². The number of esters is 2. The van der Waals surface area contributed by atoms with Crippen LogP contribution < -0.4 is 5.32 Å². The van der Waals surface area contributed by atoms with E-state index in [0.29, 0.717) is 0 Å². The highest BCUT2D eigenvalue weighted by Crippen LogP contribution is 1.97. The van der Waals surface area contributed by atoms with Crippen LogP contribution in [0.15, 0.2) is 12.7 Å². The normalized spacial score (nSPS) is 11.1. The molecule has 1 atom stereocenters. The van der Waals surface area contributed by atoms with E-state index < -0.39 is 23.9 Å². The second-order valence-electron chi connectivity index (χ2n) is 2.57. The molecule has 0 aromatic carbocycles. The molecule has 0 aromatic rings. The van der Waals surface area contributed by atoms with Crippen LogP contribution in [0.5, 0.6) is 0 Å². The summed E-state index contributed by atoms with van der Waals surface area (Å²) in [6.45, 7) is 3.22. The van der Waals surface area contributed by atoms with Crippen molar-refractivity contribution < 1.29 is 23.9 Å². The van der Waals surface area contributed by atoms with Crippen molar-refractivity contribution >= 4 is 17.8 Å². The van der Waals surface area contributed by atoms with E-state index in [9.17, 15) is 14.4 Å². The molecule has 1 amide bonds. The number of hydrogen-bond donors (Lipinski definition) is 1. The Labute approximate surface area is 87.2 Å². The first-order chi connectivity index (χ1) is 7.04. The molecule has 0 aliphatic carbocycles. The van der Waals surface area contributed by atoms with Gasteiger partial charge in [-0.3, -0.25) is 9.59 Å². The molecule has 15 heavy (non-hydrogen) atoms. The van der Waals surface area contributed by atoms with Crippen molar-refractivity contribution in [3.63, 3.8) is 0 Å². The first-order valence-electron chi connectivity index (χ1n) is 4.12. The molecule has 6 nitrogen and oxygen atoms in total. The van der Waals surface area contributed by atoms with E-state index >= 15 is 0 Å². The van der Waals surface area contributed by atoms with Gasteiger partial charge in [0.25, 0.3) is 0 Å². The van der Waals surface area contributed by atoms with Crippen LogP contribution in [-0.2, 0) is 23.9 Å². The fourth-order valence-electron chi connectivity index (χ4n) is 0.816. The molecule has 1 N–H and O–H groups in total. The van der Waals surface area contributed by atoms with Crippen molar-refractivity contribution in [3.05, 3.63) is 12.7 Å². The fourth-order valence-corrected chi connectivity index (χ4v) is 0.816. The molecule has 0 saturated heterocycles. The summed E-state index contributed by atoms with van der Waals surface area (Å²) in [5.74, 6) is -1.89. The summed E-state index contributed by atoms with van der Waals surface area (Å²) in [4.78, 5) is 33.0. The van der Waals surface area contributed by atoms with Gasteiger partial charge in [0.05, 0.1) is 20.6 Å². The van der Waals surface area contributed by atoms with Gasteiger partial charge < -0.3 is 14.8 Å². The van der Waals surface area contributed by atoms with E-state index in [-0.39, 0.29) is 6.42 Å². The Bertz CT molecular complexity index is 274. The maximum Gasteiger partial charge on any atom is 0.328 e. The highest BCUT2D eigenvalue weighted by atomic mass is 16.5. The Kier molecular flexibility index (Phi) is 5.77. The van der Waals surface area contributed by atoms with Gasteiger partial charge in [-0.1, -0.05) is 6.58 Å². The minimum absolute atomic E-state index is 0.275. The molecular weight excluding hydrogens is 202 g/mol. The van der Waals surface area contributed by atoms with E-state index in [1.54, 1.807) is 0 Å². The number of rotatable bonds is 5. The maximum absolute atomic E-state index is 11.1. The topological polar surface area (TPSA) is 81.7 Å². The van der Waals surface area contributed by atoms with Gasteiger partial charge in [0.2, 0.25) is 5.91 Å². The lowest BCUT2D eigenvalue weighted by molar-refractivity contribution is -0.150. The van der Waals surface area contributed by atoms with Crippen molar-refractivity contribution in [3.8, 4) is 0 Å². The molecule has 6 heteroatoms. The van der Waals surface area contributed by atoms with Crippen LogP contribution in [0.3, 0.4) is 0 Å². The lowest BCUT2D eigenvalue weighted by atomic mass is 10.2. The van der Waals surface area contributed by atoms with E-state index in [2.05, 4.69) is 21.4 Å². The average molecular weight is 215 g/mol. The van der Waals surface area contributed by atoms with Gasteiger partial charge in [-0.25, -0.2) is 4.79 Å². The third-order valence-corrected chi connectivity index (χ3v) is 1.59. The lowest BCUT2D eigenvalue weighted by Crippen LogP contribution is -2.42. The first kappa shape index (κ1) is 13.2. The van der Waals surface area contributed by atoms with Gasteiger partial charge in [-0.2, -0.15) is 0 Å². The van der Waals surface area contributed by atoms with Gasteiger partial charge in [-0.15, -0.1) is 0 Å². The maximum atomic E-state index is 11.1. The van der Waals surface area contributed by atoms with Crippen LogP contribution in [0.4, 0.5) is 0 Å². The number of amides is 1. The third kappa shape index (κ3) is 4.80. The van der Waals surface area contributed by atoms with Gasteiger partial charge in [0, 0.05) is 0 Å². The van der Waals surface area contributed by atoms with Crippen LogP contribution in [0, 0.1) is 0 Å². The number of carbonyl (C=O) groups excluding carboxylic acids is 3. The predicted molar refractivity (Wildman–Crippen MR) is 50.8 cm³/mol. The number of hydrogen-bond acceptors (Lipinski definition) is 5. The standard InChI is InChI=1S/C9H13NO5/c1-4-7(11)10-6(9(13)15-3)5-8(12)14-2/h4,6H,1,5H2,2-3H3,(H,10,11)/t6-/m0/s1. The summed E-state index contributed by atoms with van der Waals surface area (Å²) in [6, 6.07) is -1.05. The number of carbonyl (C=O) groups is 3. The first-order valence-corrected chi connectivity index (χ1v) is 4.12.